The molecule has 0 aromatic heterocycles. The van der Waals surface area contributed by atoms with E-state index in [1.807, 2.05) is 19.1 Å². The lowest BCUT2D eigenvalue weighted by molar-refractivity contribution is 0.194. The molecule has 2 nitrogen and oxygen atoms in total. The molecular weight excluding hydrogens is 195 g/mol. The van der Waals surface area contributed by atoms with Crippen LogP contribution in [0.5, 0.6) is 5.75 Å². The molecule has 82 valence electrons. The lowest BCUT2D eigenvalue weighted by atomic mass is 10.1. The van der Waals surface area contributed by atoms with Gasteiger partial charge in [-0.3, -0.25) is 0 Å². The van der Waals surface area contributed by atoms with E-state index in [0.29, 0.717) is 12.4 Å². The molecule has 0 heterocycles. The Balaban J connectivity index is 2.73. The fourth-order valence-corrected chi connectivity index (χ4v) is 1.18. The first kappa shape index (κ1) is 11.7. The number of hydrogen-bond acceptors (Lipinski definition) is 2. The second kappa shape index (κ2) is 5.51. The molecule has 0 fully saturated rings. The zero-order chi connectivity index (χ0) is 11.3. The Bertz CT molecular complexity index is 345. The summed E-state index contributed by atoms with van der Waals surface area (Å²) in [6.07, 6.45) is 2.90. The monoisotopic (exact) mass is 210 g/mol. The summed E-state index contributed by atoms with van der Waals surface area (Å²) in [6, 6.07) is 4.46. The molecule has 1 aromatic rings. The van der Waals surface area contributed by atoms with Crippen molar-refractivity contribution in [2.24, 2.45) is 0 Å². The average Bonchev–Trinajstić information content (AvgIpc) is 2.17. The molecule has 0 saturated heterocycles. The Morgan fingerprint density at radius 2 is 2.27 bits per heavy atom. The maximum Gasteiger partial charge on any atom is 0.132 e. The topological polar surface area (TPSA) is 29.5 Å². The minimum absolute atomic E-state index is 0.286. The van der Waals surface area contributed by atoms with E-state index < -0.39 is 11.9 Å². The van der Waals surface area contributed by atoms with Crippen molar-refractivity contribution in [3.05, 3.63) is 41.7 Å². The SMILES string of the molecule is C/C=C/COc1ccc([C@H](C)O)c(F)c1. The summed E-state index contributed by atoms with van der Waals surface area (Å²) < 4.78 is 18.6. The van der Waals surface area contributed by atoms with E-state index in [9.17, 15) is 9.50 Å². The number of allylic oxidation sites excluding steroid dienone is 1. The van der Waals surface area contributed by atoms with Gasteiger partial charge in [-0.15, -0.1) is 0 Å². The molecule has 0 aliphatic carbocycles. The number of aliphatic hydroxyl groups excluding tert-OH is 1. The van der Waals surface area contributed by atoms with Crippen LogP contribution in [0.2, 0.25) is 0 Å². The molecule has 15 heavy (non-hydrogen) atoms. The molecule has 0 radical (unpaired) electrons. The summed E-state index contributed by atoms with van der Waals surface area (Å²) in [6.45, 7) is 3.84. The second-order valence-electron chi connectivity index (χ2n) is 3.24. The second-order valence-corrected chi connectivity index (χ2v) is 3.24. The van der Waals surface area contributed by atoms with Crippen LogP contribution in [0.1, 0.15) is 25.5 Å². The van der Waals surface area contributed by atoms with Crippen molar-refractivity contribution in [2.75, 3.05) is 6.61 Å². The Labute approximate surface area is 89.0 Å². The molecule has 1 N–H and O–H groups in total. The molecule has 0 unspecified atom stereocenters. The van der Waals surface area contributed by atoms with Gasteiger partial charge in [-0.05, 0) is 26.0 Å². The van der Waals surface area contributed by atoms with Crippen molar-refractivity contribution in [3.8, 4) is 5.75 Å². The number of aliphatic hydroxyl groups is 1. The van der Waals surface area contributed by atoms with Gasteiger partial charge in [-0.25, -0.2) is 4.39 Å². The van der Waals surface area contributed by atoms with Gasteiger partial charge in [-0.1, -0.05) is 12.2 Å². The number of benzene rings is 1. The molecule has 1 rings (SSSR count). The Hall–Kier alpha value is -1.35. The Morgan fingerprint density at radius 1 is 1.53 bits per heavy atom. The summed E-state index contributed by atoms with van der Waals surface area (Å²) in [5.41, 5.74) is 0.286. The Morgan fingerprint density at radius 3 is 2.80 bits per heavy atom. The molecule has 0 aliphatic heterocycles. The van der Waals surface area contributed by atoms with Crippen LogP contribution in [0, 0.1) is 5.82 Å². The smallest absolute Gasteiger partial charge is 0.132 e. The van der Waals surface area contributed by atoms with E-state index in [0.717, 1.165) is 0 Å². The number of hydrogen-bond donors (Lipinski definition) is 1. The quantitative estimate of drug-likeness (QED) is 0.774. The lowest BCUT2D eigenvalue weighted by Gasteiger charge is -2.08. The van der Waals surface area contributed by atoms with E-state index in [2.05, 4.69) is 0 Å². The van der Waals surface area contributed by atoms with E-state index in [1.54, 1.807) is 6.07 Å². The minimum atomic E-state index is -0.797. The highest BCUT2D eigenvalue weighted by molar-refractivity contribution is 5.30. The fourth-order valence-electron chi connectivity index (χ4n) is 1.18. The highest BCUT2D eigenvalue weighted by atomic mass is 19.1. The molecule has 0 amide bonds. The van der Waals surface area contributed by atoms with Crippen molar-refractivity contribution in [2.45, 2.75) is 20.0 Å². The minimum Gasteiger partial charge on any atom is -0.489 e. The standard InChI is InChI=1S/C12H15FO2/c1-3-4-7-15-10-5-6-11(9(2)14)12(13)8-10/h3-6,8-9,14H,7H2,1-2H3/b4-3+/t9-/m0/s1. The van der Waals surface area contributed by atoms with Gasteiger partial charge in [0.15, 0.2) is 0 Å². The summed E-state index contributed by atoms with van der Waals surface area (Å²) in [5, 5.41) is 9.22. The van der Waals surface area contributed by atoms with Crippen LogP contribution in [-0.2, 0) is 0 Å². The van der Waals surface area contributed by atoms with Crippen LogP contribution in [0.4, 0.5) is 4.39 Å². The van der Waals surface area contributed by atoms with Gasteiger partial charge in [0.25, 0.3) is 0 Å². The van der Waals surface area contributed by atoms with Crippen LogP contribution in [0.3, 0.4) is 0 Å². The van der Waals surface area contributed by atoms with Gasteiger partial charge in [0, 0.05) is 11.6 Å². The summed E-state index contributed by atoms with van der Waals surface area (Å²) >= 11 is 0. The maximum atomic E-state index is 13.4. The maximum absolute atomic E-state index is 13.4. The first-order valence-corrected chi connectivity index (χ1v) is 4.86. The fraction of sp³-hybridized carbons (Fsp3) is 0.333. The van der Waals surface area contributed by atoms with Crippen LogP contribution in [0.25, 0.3) is 0 Å². The predicted octanol–water partition coefficient (Wildman–Crippen LogP) is 2.83. The van der Waals surface area contributed by atoms with Crippen LogP contribution in [0.15, 0.2) is 30.4 Å². The molecule has 0 aliphatic rings. The number of ether oxygens (including phenoxy) is 1. The van der Waals surface area contributed by atoms with Gasteiger partial charge in [-0.2, -0.15) is 0 Å². The normalized spacial score (nSPS) is 13.1. The van der Waals surface area contributed by atoms with Crippen LogP contribution in [-0.4, -0.2) is 11.7 Å². The predicted molar refractivity (Wildman–Crippen MR) is 57.3 cm³/mol. The third kappa shape index (κ3) is 3.36. The van der Waals surface area contributed by atoms with E-state index in [1.165, 1.54) is 19.1 Å². The molecule has 3 heteroatoms. The van der Waals surface area contributed by atoms with Crippen molar-refractivity contribution >= 4 is 0 Å². The molecule has 0 saturated carbocycles. The Kier molecular flexibility index (Phi) is 4.31. The summed E-state index contributed by atoms with van der Waals surface area (Å²) in [7, 11) is 0. The first-order valence-electron chi connectivity index (χ1n) is 4.86. The largest absolute Gasteiger partial charge is 0.489 e. The van der Waals surface area contributed by atoms with Crippen LogP contribution < -0.4 is 4.74 Å². The highest BCUT2D eigenvalue weighted by Crippen LogP contribution is 2.21. The van der Waals surface area contributed by atoms with Crippen molar-refractivity contribution < 1.29 is 14.2 Å². The van der Waals surface area contributed by atoms with Crippen molar-refractivity contribution in [3.63, 3.8) is 0 Å². The summed E-state index contributed by atoms with van der Waals surface area (Å²) in [5.74, 6) is 0.0259. The molecular formula is C12H15FO2. The van der Waals surface area contributed by atoms with Gasteiger partial charge in [0.1, 0.15) is 18.2 Å². The number of halogens is 1. The third-order valence-corrected chi connectivity index (χ3v) is 2.00. The highest BCUT2D eigenvalue weighted by Gasteiger charge is 2.08. The molecule has 0 bridgehead atoms. The van der Waals surface area contributed by atoms with Crippen molar-refractivity contribution in [1.29, 1.82) is 0 Å². The zero-order valence-corrected chi connectivity index (χ0v) is 8.90. The average molecular weight is 210 g/mol. The van der Waals surface area contributed by atoms with Gasteiger partial charge in [0.2, 0.25) is 0 Å². The van der Waals surface area contributed by atoms with Crippen LogP contribution >= 0.6 is 0 Å². The molecule has 1 atom stereocenters. The lowest BCUT2D eigenvalue weighted by Crippen LogP contribution is -1.98. The molecule has 1 aromatic carbocycles. The van der Waals surface area contributed by atoms with E-state index in [4.69, 9.17) is 4.74 Å². The number of rotatable bonds is 4. The van der Waals surface area contributed by atoms with Gasteiger partial charge in [0.05, 0.1) is 6.10 Å². The third-order valence-electron chi connectivity index (χ3n) is 2.00. The van der Waals surface area contributed by atoms with Gasteiger partial charge < -0.3 is 9.84 Å². The molecule has 0 spiro atoms. The van der Waals surface area contributed by atoms with E-state index in [-0.39, 0.29) is 5.56 Å². The van der Waals surface area contributed by atoms with E-state index >= 15 is 0 Å². The first-order chi connectivity index (χ1) is 7.15. The zero-order valence-electron chi connectivity index (χ0n) is 8.90. The summed E-state index contributed by atoms with van der Waals surface area (Å²) in [4.78, 5) is 0. The van der Waals surface area contributed by atoms with Gasteiger partial charge >= 0.3 is 0 Å². The van der Waals surface area contributed by atoms with Crippen molar-refractivity contribution in [1.82, 2.24) is 0 Å².